The summed E-state index contributed by atoms with van der Waals surface area (Å²) in [6.07, 6.45) is 4.95. The van der Waals surface area contributed by atoms with Crippen LogP contribution in [-0.2, 0) is 6.16 Å². The standard InChI is InChI=1S/C26H25NPS.ClH/c1-4-13-23(14-5-1)28(24-15-6-2-7-16-24,25-17-8-3-9-18-25)19-22-20-29-26(27-22)21-11-10-12-21;/h1-9,13-18,20-21H,10-12,19H2;1H/q+1;/p-1. The van der Waals surface area contributed by atoms with Crippen LogP contribution >= 0.6 is 18.6 Å². The Morgan fingerprint density at radius 3 is 1.60 bits per heavy atom. The molecule has 0 unspecified atom stereocenters. The van der Waals surface area contributed by atoms with E-state index in [-0.39, 0.29) is 12.4 Å². The lowest BCUT2D eigenvalue weighted by Gasteiger charge is -2.27. The SMILES string of the molecule is [Cl-].c1ccc([P+](Cc2csc(C3CCC3)n2)(c2ccccc2)c2ccccc2)cc1. The first-order chi connectivity index (χ1) is 14.4. The Hall–Kier alpha value is -1.99. The van der Waals surface area contributed by atoms with Gasteiger partial charge in [-0.3, -0.25) is 0 Å². The Labute approximate surface area is 190 Å². The van der Waals surface area contributed by atoms with E-state index in [4.69, 9.17) is 4.98 Å². The highest BCUT2D eigenvalue weighted by Crippen LogP contribution is 2.58. The molecule has 0 amide bonds. The number of rotatable bonds is 6. The maximum Gasteiger partial charge on any atom is 0.118 e. The van der Waals surface area contributed by atoms with Crippen LogP contribution in [0.3, 0.4) is 0 Å². The van der Waals surface area contributed by atoms with Gasteiger partial charge in [0.15, 0.2) is 0 Å². The van der Waals surface area contributed by atoms with E-state index in [0.717, 1.165) is 6.16 Å². The quantitative estimate of drug-likeness (QED) is 0.412. The summed E-state index contributed by atoms with van der Waals surface area (Å²) in [5, 5.41) is 7.94. The zero-order valence-corrected chi connectivity index (χ0v) is 19.3. The van der Waals surface area contributed by atoms with Gasteiger partial charge in [-0.1, -0.05) is 61.0 Å². The molecule has 1 saturated carbocycles. The molecule has 0 saturated heterocycles. The summed E-state index contributed by atoms with van der Waals surface area (Å²) in [7, 11) is -1.84. The van der Waals surface area contributed by atoms with Crippen LogP contribution in [0.25, 0.3) is 0 Å². The number of halogens is 1. The third-order valence-electron chi connectivity index (χ3n) is 6.01. The van der Waals surface area contributed by atoms with Crippen LogP contribution in [-0.4, -0.2) is 4.98 Å². The van der Waals surface area contributed by atoms with Crippen molar-refractivity contribution in [3.63, 3.8) is 0 Å². The maximum atomic E-state index is 5.14. The molecule has 1 nitrogen and oxygen atoms in total. The molecular weight excluding hydrogens is 425 g/mol. The van der Waals surface area contributed by atoms with Crippen molar-refractivity contribution in [2.75, 3.05) is 0 Å². The fourth-order valence-corrected chi connectivity index (χ4v) is 9.50. The lowest BCUT2D eigenvalue weighted by Crippen LogP contribution is -3.00. The molecule has 1 aliphatic carbocycles. The van der Waals surface area contributed by atoms with Crippen LogP contribution in [0.2, 0.25) is 0 Å². The van der Waals surface area contributed by atoms with Crippen molar-refractivity contribution in [2.45, 2.75) is 31.3 Å². The minimum absolute atomic E-state index is 0. The lowest BCUT2D eigenvalue weighted by atomic mass is 9.86. The van der Waals surface area contributed by atoms with Gasteiger partial charge in [0, 0.05) is 11.3 Å². The van der Waals surface area contributed by atoms with E-state index in [1.165, 1.54) is 45.9 Å². The van der Waals surface area contributed by atoms with Gasteiger partial charge in [0.25, 0.3) is 0 Å². The maximum absolute atomic E-state index is 5.14. The summed E-state index contributed by atoms with van der Waals surface area (Å²) < 4.78 is 0. The molecule has 4 heteroatoms. The summed E-state index contributed by atoms with van der Waals surface area (Å²) in [4.78, 5) is 5.14. The molecule has 0 bridgehead atoms. The predicted octanol–water partition coefficient (Wildman–Crippen LogP) is 2.91. The van der Waals surface area contributed by atoms with Gasteiger partial charge < -0.3 is 12.4 Å². The predicted molar refractivity (Wildman–Crippen MR) is 128 cm³/mol. The third kappa shape index (κ3) is 3.97. The highest BCUT2D eigenvalue weighted by molar-refractivity contribution is 7.95. The molecule has 3 aromatic carbocycles. The third-order valence-corrected chi connectivity index (χ3v) is 11.4. The molecule has 0 radical (unpaired) electrons. The van der Waals surface area contributed by atoms with Crippen LogP contribution in [0.15, 0.2) is 96.4 Å². The van der Waals surface area contributed by atoms with Gasteiger partial charge in [-0.05, 0) is 49.2 Å². The van der Waals surface area contributed by atoms with Crippen LogP contribution < -0.4 is 28.3 Å². The molecule has 1 aromatic heterocycles. The summed E-state index contributed by atoms with van der Waals surface area (Å²) >= 11 is 1.87. The highest BCUT2D eigenvalue weighted by Gasteiger charge is 2.46. The van der Waals surface area contributed by atoms with Crippen LogP contribution in [0.4, 0.5) is 0 Å². The average molecular weight is 450 g/mol. The van der Waals surface area contributed by atoms with E-state index < -0.39 is 7.26 Å². The average Bonchev–Trinajstić information content (AvgIpc) is 3.20. The molecular formula is C26H25ClNPS. The highest BCUT2D eigenvalue weighted by atomic mass is 35.5. The van der Waals surface area contributed by atoms with E-state index in [2.05, 4.69) is 96.4 Å². The largest absolute Gasteiger partial charge is 1.00 e. The van der Waals surface area contributed by atoms with E-state index in [0.29, 0.717) is 5.92 Å². The first-order valence-corrected chi connectivity index (χ1v) is 13.2. The molecule has 1 heterocycles. The van der Waals surface area contributed by atoms with Crippen molar-refractivity contribution < 1.29 is 12.4 Å². The monoisotopic (exact) mass is 449 g/mol. The Morgan fingerprint density at radius 1 is 0.733 bits per heavy atom. The van der Waals surface area contributed by atoms with Gasteiger partial charge in [0.1, 0.15) is 29.3 Å². The Kier molecular flexibility index (Phi) is 6.68. The molecule has 30 heavy (non-hydrogen) atoms. The summed E-state index contributed by atoms with van der Waals surface area (Å²) in [5.41, 5.74) is 1.25. The Balaban J connectivity index is 0.00000218. The summed E-state index contributed by atoms with van der Waals surface area (Å²) in [6.45, 7) is 0. The van der Waals surface area contributed by atoms with Crippen molar-refractivity contribution in [1.82, 2.24) is 4.98 Å². The fourth-order valence-electron chi connectivity index (χ4n) is 4.25. The molecule has 4 aromatic rings. The second-order valence-electron chi connectivity index (χ2n) is 7.78. The fraction of sp³-hybridized carbons (Fsp3) is 0.192. The number of hydrogen-bond donors (Lipinski definition) is 0. The van der Waals surface area contributed by atoms with E-state index in [9.17, 15) is 0 Å². The van der Waals surface area contributed by atoms with Crippen molar-refractivity contribution >= 4 is 34.5 Å². The molecule has 1 fully saturated rings. The first-order valence-electron chi connectivity index (χ1n) is 10.4. The number of nitrogens with zero attached hydrogens (tertiary/aromatic N) is 1. The van der Waals surface area contributed by atoms with Crippen molar-refractivity contribution in [3.05, 3.63) is 107 Å². The molecule has 1 aliphatic rings. The first kappa shape index (κ1) is 21.2. The van der Waals surface area contributed by atoms with Crippen molar-refractivity contribution in [3.8, 4) is 0 Å². The second kappa shape index (κ2) is 9.43. The number of thiazole rings is 1. The van der Waals surface area contributed by atoms with Gasteiger partial charge >= 0.3 is 0 Å². The Morgan fingerprint density at radius 2 is 1.20 bits per heavy atom. The second-order valence-corrected chi connectivity index (χ2v) is 12.2. The smallest absolute Gasteiger partial charge is 0.118 e. The van der Waals surface area contributed by atoms with Crippen molar-refractivity contribution in [1.29, 1.82) is 0 Å². The zero-order chi connectivity index (χ0) is 19.5. The van der Waals surface area contributed by atoms with E-state index >= 15 is 0 Å². The van der Waals surface area contributed by atoms with Crippen LogP contribution in [0.5, 0.6) is 0 Å². The summed E-state index contributed by atoms with van der Waals surface area (Å²) in [5.74, 6) is 0.701. The normalized spacial score (nSPS) is 14.0. The minimum atomic E-state index is -1.84. The van der Waals surface area contributed by atoms with Crippen molar-refractivity contribution in [2.24, 2.45) is 0 Å². The zero-order valence-electron chi connectivity index (χ0n) is 16.8. The summed E-state index contributed by atoms with van der Waals surface area (Å²) in [6, 6.07) is 33.3. The van der Waals surface area contributed by atoms with Gasteiger partial charge in [0.05, 0.1) is 10.7 Å². The van der Waals surface area contributed by atoms with Gasteiger partial charge in [0.2, 0.25) is 0 Å². The van der Waals surface area contributed by atoms with E-state index in [1.807, 2.05) is 11.3 Å². The molecule has 0 aliphatic heterocycles. The molecule has 0 atom stereocenters. The molecule has 0 N–H and O–H groups in total. The van der Waals surface area contributed by atoms with E-state index in [1.54, 1.807) is 0 Å². The minimum Gasteiger partial charge on any atom is -1.00 e. The number of benzene rings is 3. The van der Waals surface area contributed by atoms with Crippen LogP contribution in [0, 0.1) is 0 Å². The molecule has 5 rings (SSSR count). The lowest BCUT2D eigenvalue weighted by molar-refractivity contribution is -0.00000569. The molecule has 0 spiro atoms. The van der Waals surface area contributed by atoms with Gasteiger partial charge in [-0.25, -0.2) is 4.98 Å². The topological polar surface area (TPSA) is 12.9 Å². The van der Waals surface area contributed by atoms with Gasteiger partial charge in [-0.15, -0.1) is 11.3 Å². The van der Waals surface area contributed by atoms with Crippen LogP contribution in [0.1, 0.15) is 35.9 Å². The number of aromatic nitrogens is 1. The Bertz CT molecular complexity index is 965. The van der Waals surface area contributed by atoms with Gasteiger partial charge in [-0.2, -0.15) is 0 Å². The molecule has 152 valence electrons. The number of hydrogen-bond acceptors (Lipinski definition) is 2.